The van der Waals surface area contributed by atoms with E-state index in [0.29, 0.717) is 12.3 Å². The van der Waals surface area contributed by atoms with Gasteiger partial charge in [-0.15, -0.1) is 0 Å². The normalized spacial score (nSPS) is 23.0. The highest BCUT2D eigenvalue weighted by Crippen LogP contribution is 2.37. The van der Waals surface area contributed by atoms with Crippen LogP contribution >= 0.6 is 0 Å². The van der Waals surface area contributed by atoms with Crippen molar-refractivity contribution in [2.45, 2.75) is 38.0 Å². The predicted molar refractivity (Wildman–Crippen MR) is 89.1 cm³/mol. The van der Waals surface area contributed by atoms with Gasteiger partial charge in [0, 0.05) is 26.1 Å². The van der Waals surface area contributed by atoms with Gasteiger partial charge in [-0.05, 0) is 43.5 Å². The van der Waals surface area contributed by atoms with Crippen molar-refractivity contribution in [3.05, 3.63) is 29.8 Å². The monoisotopic (exact) mass is 304 g/mol. The molecule has 4 heteroatoms. The summed E-state index contributed by atoms with van der Waals surface area (Å²) in [4.78, 5) is 16.0. The molecule has 1 amide bonds. The molecule has 4 nitrogen and oxygen atoms in total. The Labute approximate surface area is 133 Å². The first-order chi connectivity index (χ1) is 10.5. The smallest absolute Gasteiger partial charge is 0.236 e. The van der Waals surface area contributed by atoms with Gasteiger partial charge in [-0.25, -0.2) is 0 Å². The van der Waals surface area contributed by atoms with E-state index in [4.69, 9.17) is 0 Å². The molecule has 0 bridgehead atoms. The molecule has 1 unspecified atom stereocenters. The SMILES string of the molecule is CCC1(c2cccc(O)c2)CCCCN(CC(=O)N(C)C)C1. The molecule has 0 aromatic heterocycles. The molecular formula is C18H28N2O2. The van der Waals surface area contributed by atoms with E-state index < -0.39 is 0 Å². The summed E-state index contributed by atoms with van der Waals surface area (Å²) in [5.41, 5.74) is 1.22. The fraction of sp³-hybridized carbons (Fsp3) is 0.611. The summed E-state index contributed by atoms with van der Waals surface area (Å²) < 4.78 is 0. The minimum Gasteiger partial charge on any atom is -0.508 e. The maximum absolute atomic E-state index is 12.1. The Kier molecular flexibility index (Phi) is 5.46. The number of nitrogens with zero attached hydrogens (tertiary/aromatic N) is 2. The number of hydrogen-bond acceptors (Lipinski definition) is 3. The van der Waals surface area contributed by atoms with Crippen molar-refractivity contribution in [3.63, 3.8) is 0 Å². The molecule has 1 fully saturated rings. The van der Waals surface area contributed by atoms with E-state index in [1.54, 1.807) is 11.0 Å². The number of benzene rings is 1. The number of likely N-dealkylation sites (tertiary alicyclic amines) is 1. The van der Waals surface area contributed by atoms with Crippen LogP contribution in [0.5, 0.6) is 5.75 Å². The summed E-state index contributed by atoms with van der Waals surface area (Å²) >= 11 is 0. The topological polar surface area (TPSA) is 43.8 Å². The molecule has 1 heterocycles. The van der Waals surface area contributed by atoms with Gasteiger partial charge in [0.25, 0.3) is 0 Å². The molecule has 22 heavy (non-hydrogen) atoms. The molecule has 1 atom stereocenters. The Morgan fingerprint density at radius 2 is 2.14 bits per heavy atom. The Balaban J connectivity index is 2.24. The number of likely N-dealkylation sites (N-methyl/N-ethyl adjacent to an activating group) is 1. The van der Waals surface area contributed by atoms with Crippen LogP contribution in [0.15, 0.2) is 24.3 Å². The van der Waals surface area contributed by atoms with E-state index in [2.05, 4.69) is 17.9 Å². The van der Waals surface area contributed by atoms with E-state index >= 15 is 0 Å². The van der Waals surface area contributed by atoms with Crippen LogP contribution in [0.4, 0.5) is 0 Å². The number of hydrogen-bond donors (Lipinski definition) is 1. The summed E-state index contributed by atoms with van der Waals surface area (Å²) in [6.45, 7) is 4.54. The number of phenolic OH excluding ortho intramolecular Hbond substituents is 1. The van der Waals surface area contributed by atoms with Crippen LogP contribution in [0, 0.1) is 0 Å². The highest BCUT2D eigenvalue weighted by atomic mass is 16.3. The third-order valence-corrected chi connectivity index (χ3v) is 4.90. The van der Waals surface area contributed by atoms with Crippen LogP contribution in [0.2, 0.25) is 0 Å². The van der Waals surface area contributed by atoms with E-state index in [-0.39, 0.29) is 11.3 Å². The van der Waals surface area contributed by atoms with Crippen molar-refractivity contribution in [2.24, 2.45) is 0 Å². The minimum absolute atomic E-state index is 0.0296. The van der Waals surface area contributed by atoms with E-state index in [9.17, 15) is 9.90 Å². The molecule has 1 saturated heterocycles. The van der Waals surface area contributed by atoms with Crippen LogP contribution < -0.4 is 0 Å². The Morgan fingerprint density at radius 3 is 2.77 bits per heavy atom. The number of phenols is 1. The first-order valence-electron chi connectivity index (χ1n) is 8.19. The van der Waals surface area contributed by atoms with Crippen LogP contribution in [-0.2, 0) is 10.2 Å². The molecule has 1 aromatic carbocycles. The van der Waals surface area contributed by atoms with Crippen LogP contribution in [-0.4, -0.2) is 54.5 Å². The number of carbonyl (C=O) groups excluding carboxylic acids is 1. The van der Waals surface area contributed by atoms with Gasteiger partial charge in [-0.3, -0.25) is 9.69 Å². The second kappa shape index (κ2) is 7.14. The first-order valence-corrected chi connectivity index (χ1v) is 8.19. The molecule has 1 N–H and O–H groups in total. The van der Waals surface area contributed by atoms with E-state index in [1.165, 1.54) is 5.56 Å². The lowest BCUT2D eigenvalue weighted by Gasteiger charge is -2.36. The summed E-state index contributed by atoms with van der Waals surface area (Å²) in [7, 11) is 3.62. The summed E-state index contributed by atoms with van der Waals surface area (Å²) in [5.74, 6) is 0.480. The molecule has 0 radical (unpaired) electrons. The van der Waals surface area contributed by atoms with Crippen LogP contribution in [0.3, 0.4) is 0 Å². The highest BCUT2D eigenvalue weighted by Gasteiger charge is 2.34. The molecule has 1 aliphatic rings. The number of aromatic hydroxyl groups is 1. The predicted octanol–water partition coefficient (Wildman–Crippen LogP) is 2.61. The fourth-order valence-electron chi connectivity index (χ4n) is 3.42. The summed E-state index contributed by atoms with van der Waals surface area (Å²) in [5, 5.41) is 9.83. The third kappa shape index (κ3) is 3.80. The molecular weight excluding hydrogens is 276 g/mol. The lowest BCUT2D eigenvalue weighted by molar-refractivity contribution is -0.130. The van der Waals surface area contributed by atoms with Gasteiger partial charge in [-0.2, -0.15) is 0 Å². The van der Waals surface area contributed by atoms with Gasteiger partial charge in [-0.1, -0.05) is 25.5 Å². The molecule has 0 spiro atoms. The maximum atomic E-state index is 12.1. The van der Waals surface area contributed by atoms with Gasteiger partial charge in [0.15, 0.2) is 0 Å². The van der Waals surface area contributed by atoms with Gasteiger partial charge in [0.2, 0.25) is 5.91 Å². The molecule has 0 saturated carbocycles. The largest absolute Gasteiger partial charge is 0.508 e. The van der Waals surface area contributed by atoms with Gasteiger partial charge in [0.1, 0.15) is 5.75 Å². The highest BCUT2D eigenvalue weighted by molar-refractivity contribution is 5.77. The van der Waals surface area contributed by atoms with Crippen LogP contribution in [0.1, 0.15) is 38.2 Å². The van der Waals surface area contributed by atoms with Gasteiger partial charge in [0.05, 0.1) is 6.54 Å². The second-order valence-corrected chi connectivity index (χ2v) is 6.64. The van der Waals surface area contributed by atoms with Gasteiger partial charge < -0.3 is 10.0 Å². The summed E-state index contributed by atoms with van der Waals surface area (Å²) in [6.07, 6.45) is 4.42. The molecule has 1 aromatic rings. The number of carbonyl (C=O) groups is 1. The van der Waals surface area contributed by atoms with Crippen molar-refractivity contribution in [1.82, 2.24) is 9.80 Å². The molecule has 2 rings (SSSR count). The zero-order valence-electron chi connectivity index (χ0n) is 14.0. The Bertz CT molecular complexity index is 516. The lowest BCUT2D eigenvalue weighted by Crippen LogP contribution is -2.43. The van der Waals surface area contributed by atoms with Crippen molar-refractivity contribution in [1.29, 1.82) is 0 Å². The van der Waals surface area contributed by atoms with Crippen molar-refractivity contribution in [2.75, 3.05) is 33.7 Å². The van der Waals surface area contributed by atoms with Gasteiger partial charge >= 0.3 is 0 Å². The standard InChI is InChI=1S/C18H28N2O2/c1-4-18(15-8-7-9-16(21)12-15)10-5-6-11-20(14-18)13-17(22)19(2)3/h7-9,12,21H,4-6,10-11,13-14H2,1-3H3. The third-order valence-electron chi connectivity index (χ3n) is 4.90. The second-order valence-electron chi connectivity index (χ2n) is 6.64. The first kappa shape index (κ1) is 16.8. The summed E-state index contributed by atoms with van der Waals surface area (Å²) in [6, 6.07) is 7.64. The number of amides is 1. The lowest BCUT2D eigenvalue weighted by atomic mass is 9.74. The zero-order chi connectivity index (χ0) is 16.2. The molecule has 1 aliphatic heterocycles. The van der Waals surface area contributed by atoms with Crippen molar-refractivity contribution < 1.29 is 9.90 Å². The average Bonchev–Trinajstić information content (AvgIpc) is 2.70. The quantitative estimate of drug-likeness (QED) is 0.930. The Hall–Kier alpha value is -1.55. The average molecular weight is 304 g/mol. The Morgan fingerprint density at radius 1 is 1.36 bits per heavy atom. The fourth-order valence-corrected chi connectivity index (χ4v) is 3.42. The van der Waals surface area contributed by atoms with Crippen molar-refractivity contribution in [3.8, 4) is 5.75 Å². The van der Waals surface area contributed by atoms with E-state index in [1.807, 2.05) is 26.2 Å². The maximum Gasteiger partial charge on any atom is 0.236 e. The van der Waals surface area contributed by atoms with Crippen molar-refractivity contribution >= 4 is 5.91 Å². The molecule has 122 valence electrons. The zero-order valence-corrected chi connectivity index (χ0v) is 14.0. The van der Waals surface area contributed by atoms with E-state index in [0.717, 1.165) is 38.8 Å². The molecule has 0 aliphatic carbocycles. The minimum atomic E-state index is 0.0296. The van der Waals surface area contributed by atoms with Crippen LogP contribution in [0.25, 0.3) is 0 Å². The number of rotatable bonds is 4.